The number of nitrogens with zero attached hydrogens (tertiary/aromatic N) is 6. The summed E-state index contributed by atoms with van der Waals surface area (Å²) in [5.74, 6) is -7.68. The smallest absolute Gasteiger partial charge is 0.410 e. The summed E-state index contributed by atoms with van der Waals surface area (Å²) in [5, 5.41) is 0. The summed E-state index contributed by atoms with van der Waals surface area (Å²) >= 11 is 0. The lowest BCUT2D eigenvalue weighted by Crippen LogP contribution is -2.54. The molecule has 4 aliphatic rings. The molecule has 23 nitrogen and oxygen atoms in total. The maximum absolute atomic E-state index is 16.1. The number of halogens is 2. The molecule has 2 aliphatic heterocycles. The van der Waals surface area contributed by atoms with Crippen LogP contribution >= 0.6 is 0 Å². The van der Waals surface area contributed by atoms with Gasteiger partial charge in [0, 0.05) is 85.0 Å². The highest BCUT2D eigenvalue weighted by molar-refractivity contribution is 5.93. The summed E-state index contributed by atoms with van der Waals surface area (Å²) in [6.07, 6.45) is -5.44. The fourth-order valence-electron chi connectivity index (χ4n) is 11.7. The standard InChI is InChI=1S/C73H102F2N6O17/c1-47(94-66(86)56(41-50-19-20-50)76(10)63(83)60(32-27-49-23-28-54(29-24-49)80-33-37-91-38-34-80)96-69(89)59(45-73(8,9)75)79(13)70(90)98-71(3,4)5)62(82)78(12)58(44-72(6,7)74)68(88)97-61(43-52-25-30-55(31-26-52)81-35-39-92-40-36-81)64(84)77(11)57(42-51-21-22-51)67(87)95-48(2)65(85)93-46-53-17-15-14-16-18-53/h14-18,23-26,28-31,47-48,50-51,56-61H,19-22,27,32-46H2,1-13H3/t47-,48-,56+,57+,58+,59+,60-,61-/m1/s1. The molecule has 3 aromatic carbocycles. The molecule has 0 aromatic heterocycles. The Labute approximate surface area is 575 Å². The van der Waals surface area contributed by atoms with Crippen molar-refractivity contribution in [2.45, 2.75) is 205 Å². The van der Waals surface area contributed by atoms with Crippen LogP contribution < -0.4 is 9.80 Å². The van der Waals surface area contributed by atoms with Crippen LogP contribution in [0.25, 0.3) is 0 Å². The van der Waals surface area contributed by atoms with E-state index in [0.29, 0.717) is 76.6 Å². The van der Waals surface area contributed by atoms with Crippen LogP contribution in [0.2, 0.25) is 0 Å². The Morgan fingerprint density at radius 3 is 1.35 bits per heavy atom. The summed E-state index contributed by atoms with van der Waals surface area (Å²) in [6, 6.07) is 17.9. The van der Waals surface area contributed by atoms with E-state index in [1.165, 1.54) is 69.7 Å². The average molecular weight is 1370 g/mol. The summed E-state index contributed by atoms with van der Waals surface area (Å²) in [4.78, 5) is 138. The van der Waals surface area contributed by atoms with Crippen molar-refractivity contribution in [2.75, 3.05) is 90.6 Å². The van der Waals surface area contributed by atoms with E-state index in [2.05, 4.69) is 9.80 Å². The van der Waals surface area contributed by atoms with Crippen LogP contribution in [0, 0.1) is 11.8 Å². The van der Waals surface area contributed by atoms with Crippen molar-refractivity contribution < 1.29 is 89.8 Å². The number of alkyl halides is 2. The van der Waals surface area contributed by atoms with Gasteiger partial charge in [0.25, 0.3) is 17.7 Å². The first-order chi connectivity index (χ1) is 46.1. The Hall–Kier alpha value is -7.93. The third kappa shape index (κ3) is 23.9. The van der Waals surface area contributed by atoms with E-state index in [-0.39, 0.29) is 50.5 Å². The Kier molecular flexibility index (Phi) is 27.4. The van der Waals surface area contributed by atoms with Gasteiger partial charge in [0.15, 0.2) is 24.4 Å². The molecule has 2 heterocycles. The van der Waals surface area contributed by atoms with E-state index in [1.807, 2.05) is 42.5 Å². The van der Waals surface area contributed by atoms with Crippen molar-refractivity contribution in [2.24, 2.45) is 11.8 Å². The predicted molar refractivity (Wildman–Crippen MR) is 360 cm³/mol. The zero-order valence-corrected chi connectivity index (χ0v) is 59.3. The number of carbonyl (C=O) groups is 9. The van der Waals surface area contributed by atoms with Crippen LogP contribution in [0.4, 0.5) is 25.0 Å². The molecule has 2 aliphatic carbocycles. The number of hydrogen-bond acceptors (Lipinski definition) is 19. The van der Waals surface area contributed by atoms with Gasteiger partial charge < -0.3 is 62.4 Å². The molecule has 4 amide bonds. The molecule has 3 aromatic rings. The number of rotatable bonds is 33. The number of esters is 5. The van der Waals surface area contributed by atoms with Gasteiger partial charge in [-0.15, -0.1) is 0 Å². The van der Waals surface area contributed by atoms with Gasteiger partial charge in [-0.05, 0) is 141 Å². The van der Waals surface area contributed by atoms with E-state index in [0.717, 1.165) is 49.4 Å². The monoisotopic (exact) mass is 1370 g/mol. The number of aryl methyl sites for hydroxylation is 1. The molecule has 0 N–H and O–H groups in total. The minimum absolute atomic E-state index is 0.0388. The molecule has 7 rings (SSSR count). The van der Waals surface area contributed by atoms with E-state index < -0.39 is 132 Å². The Morgan fingerprint density at radius 2 is 0.898 bits per heavy atom. The fourth-order valence-corrected chi connectivity index (χ4v) is 11.7. The van der Waals surface area contributed by atoms with E-state index in [4.69, 9.17) is 37.9 Å². The highest BCUT2D eigenvalue weighted by atomic mass is 19.1. The van der Waals surface area contributed by atoms with Crippen molar-refractivity contribution in [3.8, 4) is 0 Å². The number of likely N-dealkylation sites (N-methyl/N-ethyl adjacent to an activating group) is 4. The summed E-state index contributed by atoms with van der Waals surface area (Å²) < 4.78 is 77.5. The molecule has 0 unspecified atom stereocenters. The number of morpholine rings is 2. The van der Waals surface area contributed by atoms with Crippen molar-refractivity contribution >= 4 is 65.0 Å². The molecule has 8 atom stereocenters. The first kappa shape index (κ1) is 77.4. The first-order valence-electron chi connectivity index (χ1n) is 34.1. The van der Waals surface area contributed by atoms with Crippen LogP contribution in [-0.2, 0) is 95.7 Å². The van der Waals surface area contributed by atoms with Gasteiger partial charge in [-0.2, -0.15) is 0 Å². The second-order valence-corrected chi connectivity index (χ2v) is 28.6. The second kappa shape index (κ2) is 34.7. The van der Waals surface area contributed by atoms with Gasteiger partial charge >= 0.3 is 35.9 Å². The number of anilines is 2. The summed E-state index contributed by atoms with van der Waals surface area (Å²) in [5.41, 5.74) is -1.27. The van der Waals surface area contributed by atoms with Crippen LogP contribution in [0.15, 0.2) is 78.9 Å². The van der Waals surface area contributed by atoms with Crippen LogP contribution in [0.3, 0.4) is 0 Å². The second-order valence-electron chi connectivity index (χ2n) is 28.6. The number of benzene rings is 3. The molecule has 98 heavy (non-hydrogen) atoms. The summed E-state index contributed by atoms with van der Waals surface area (Å²) in [7, 11) is 5.18. The van der Waals surface area contributed by atoms with Crippen molar-refractivity contribution in [3.05, 3.63) is 95.6 Å². The topological polar surface area (TPSA) is 247 Å². The van der Waals surface area contributed by atoms with E-state index in [9.17, 15) is 33.6 Å². The SMILES string of the molecule is C[C@@H](OC(=O)[C@H](CC1CC1)N(C)C(=O)[C@@H](Cc1ccc(N2CCOCC2)cc1)OC(=O)[C@H](CC(C)(C)F)N(C)C(=O)[C@@H](C)OC(=O)[C@H](CC1CC1)N(C)C(=O)[C@@H](CCc1ccc(N2CCOCC2)cc1)OC(=O)[C@H](CC(C)(C)F)N(C)C(=O)OC(C)(C)C)C(=O)OCc1ccccc1. The molecule has 540 valence electrons. The largest absolute Gasteiger partial charge is 0.458 e. The Balaban J connectivity index is 1.11. The van der Waals surface area contributed by atoms with Crippen molar-refractivity contribution in [1.82, 2.24) is 19.6 Å². The lowest BCUT2D eigenvalue weighted by atomic mass is 9.99. The minimum atomic E-state index is -2.15. The maximum atomic E-state index is 16.1. The van der Waals surface area contributed by atoms with Gasteiger partial charge in [0.1, 0.15) is 47.7 Å². The molecule has 2 saturated heterocycles. The maximum Gasteiger partial charge on any atom is 0.410 e. The lowest BCUT2D eigenvalue weighted by Gasteiger charge is -2.35. The average Bonchev–Trinajstić information content (AvgIpc) is 1.16. The molecule has 2 saturated carbocycles. The van der Waals surface area contributed by atoms with Gasteiger partial charge in [0.05, 0.1) is 26.4 Å². The summed E-state index contributed by atoms with van der Waals surface area (Å²) in [6.45, 7) is 17.2. The third-order valence-electron chi connectivity index (χ3n) is 17.8. The molecule has 4 fully saturated rings. The number of carbonyl (C=O) groups excluding carboxylic acids is 9. The van der Waals surface area contributed by atoms with Gasteiger partial charge in [-0.25, -0.2) is 37.5 Å². The zero-order valence-electron chi connectivity index (χ0n) is 59.3. The predicted octanol–water partition coefficient (Wildman–Crippen LogP) is 8.56. The minimum Gasteiger partial charge on any atom is -0.458 e. The molecule has 25 heteroatoms. The number of ether oxygens (including phenoxy) is 8. The van der Waals surface area contributed by atoms with Crippen LogP contribution in [0.1, 0.15) is 137 Å². The highest BCUT2D eigenvalue weighted by Gasteiger charge is 2.45. The number of amides is 4. The third-order valence-corrected chi connectivity index (χ3v) is 17.8. The lowest BCUT2D eigenvalue weighted by molar-refractivity contribution is -0.176. The molecular weight excluding hydrogens is 1270 g/mol. The van der Waals surface area contributed by atoms with E-state index in [1.54, 1.807) is 57.2 Å². The van der Waals surface area contributed by atoms with Crippen molar-refractivity contribution in [1.29, 1.82) is 0 Å². The fraction of sp³-hybridized carbons (Fsp3) is 0.630. The van der Waals surface area contributed by atoms with Gasteiger partial charge in [0.2, 0.25) is 0 Å². The molecule has 0 bridgehead atoms. The quantitative estimate of drug-likeness (QED) is 0.0409. The normalized spacial score (nSPS) is 17.6. The van der Waals surface area contributed by atoms with Gasteiger partial charge in [-0.3, -0.25) is 19.3 Å². The van der Waals surface area contributed by atoms with Crippen LogP contribution in [-0.4, -0.2) is 220 Å². The first-order valence-corrected chi connectivity index (χ1v) is 34.1. The Bertz CT molecular complexity index is 3170. The van der Waals surface area contributed by atoms with E-state index >= 15 is 18.4 Å². The Morgan fingerprint density at radius 1 is 0.490 bits per heavy atom. The molecule has 0 spiro atoms. The van der Waals surface area contributed by atoms with Crippen molar-refractivity contribution in [3.63, 3.8) is 0 Å². The zero-order chi connectivity index (χ0) is 71.8. The highest BCUT2D eigenvalue weighted by Crippen LogP contribution is 2.37. The molecule has 0 radical (unpaired) electrons. The van der Waals surface area contributed by atoms with Gasteiger partial charge in [-0.1, -0.05) is 80.3 Å². The molecular formula is C73H102F2N6O17. The number of hydrogen-bond donors (Lipinski definition) is 0. The van der Waals surface area contributed by atoms with Crippen LogP contribution in [0.5, 0.6) is 0 Å².